The summed E-state index contributed by atoms with van der Waals surface area (Å²) < 4.78 is 0. The van der Waals surface area contributed by atoms with Gasteiger partial charge in [0.2, 0.25) is 0 Å². The van der Waals surface area contributed by atoms with Crippen LogP contribution in [0.25, 0.3) is 0 Å². The number of nitrogens with two attached hydrogens (primary N) is 1. The fraction of sp³-hybridized carbons (Fsp3) is 0.364. The molecular formula is C11H14ClNO2. The van der Waals surface area contributed by atoms with Crippen LogP contribution in [0.4, 0.5) is 0 Å². The Hall–Kier alpha value is -1.06. The molecule has 2 rings (SSSR count). The van der Waals surface area contributed by atoms with E-state index in [4.69, 9.17) is 5.73 Å². The molecular weight excluding hydrogens is 214 g/mol. The minimum Gasteiger partial charge on any atom is -0.508 e. The van der Waals surface area contributed by atoms with E-state index in [0.29, 0.717) is 13.0 Å². The summed E-state index contributed by atoms with van der Waals surface area (Å²) in [6.07, 6.45) is 2.33. The molecule has 15 heavy (non-hydrogen) atoms. The molecule has 0 fully saturated rings. The zero-order valence-electron chi connectivity index (χ0n) is 8.32. The lowest BCUT2D eigenvalue weighted by atomic mass is 9.87. The first kappa shape index (κ1) is 12.0. The van der Waals surface area contributed by atoms with Crippen LogP contribution in [-0.2, 0) is 13.0 Å². The van der Waals surface area contributed by atoms with Gasteiger partial charge >= 0.3 is 0 Å². The number of aromatic hydroxyl groups is 1. The van der Waals surface area contributed by atoms with E-state index in [-0.39, 0.29) is 23.9 Å². The molecule has 0 bridgehead atoms. The molecule has 4 heteroatoms. The molecule has 0 saturated carbocycles. The second-order valence-electron chi connectivity index (χ2n) is 3.57. The van der Waals surface area contributed by atoms with E-state index in [1.54, 1.807) is 12.1 Å². The normalized spacial score (nSPS) is 14.3. The van der Waals surface area contributed by atoms with Crippen LogP contribution in [0.3, 0.4) is 0 Å². The number of hydrogen-bond donors (Lipinski definition) is 2. The minimum absolute atomic E-state index is 0. The highest BCUT2D eigenvalue weighted by Crippen LogP contribution is 2.29. The van der Waals surface area contributed by atoms with Gasteiger partial charge in [0.05, 0.1) is 0 Å². The van der Waals surface area contributed by atoms with Crippen molar-refractivity contribution in [2.75, 3.05) is 0 Å². The van der Waals surface area contributed by atoms with Gasteiger partial charge in [-0.1, -0.05) is 0 Å². The van der Waals surface area contributed by atoms with Crippen molar-refractivity contribution in [3.8, 4) is 5.75 Å². The van der Waals surface area contributed by atoms with E-state index in [1.165, 1.54) is 0 Å². The van der Waals surface area contributed by atoms with Crippen molar-refractivity contribution in [2.45, 2.75) is 25.8 Å². The van der Waals surface area contributed by atoms with Gasteiger partial charge in [-0.15, -0.1) is 12.4 Å². The van der Waals surface area contributed by atoms with Gasteiger partial charge in [-0.25, -0.2) is 0 Å². The van der Waals surface area contributed by atoms with Gasteiger partial charge in [-0.05, 0) is 30.5 Å². The topological polar surface area (TPSA) is 63.3 Å². The molecule has 0 radical (unpaired) electrons. The lowest BCUT2D eigenvalue weighted by Crippen LogP contribution is -2.14. The smallest absolute Gasteiger partial charge is 0.163 e. The summed E-state index contributed by atoms with van der Waals surface area (Å²) in [6, 6.07) is 3.26. The van der Waals surface area contributed by atoms with Crippen molar-refractivity contribution in [1.29, 1.82) is 0 Å². The molecule has 0 spiro atoms. The van der Waals surface area contributed by atoms with Gasteiger partial charge in [0.25, 0.3) is 0 Å². The number of phenols is 1. The molecule has 0 saturated heterocycles. The quantitative estimate of drug-likeness (QED) is 0.769. The summed E-state index contributed by atoms with van der Waals surface area (Å²) >= 11 is 0. The van der Waals surface area contributed by atoms with E-state index in [2.05, 4.69) is 0 Å². The molecule has 82 valence electrons. The number of phenolic OH excluding ortho intramolecular Hbond substituents is 1. The van der Waals surface area contributed by atoms with Gasteiger partial charge in [0.15, 0.2) is 5.78 Å². The number of rotatable bonds is 1. The zero-order chi connectivity index (χ0) is 10.1. The van der Waals surface area contributed by atoms with Crippen molar-refractivity contribution >= 4 is 18.2 Å². The molecule has 0 amide bonds. The van der Waals surface area contributed by atoms with Crippen LogP contribution in [-0.4, -0.2) is 10.9 Å². The first-order chi connectivity index (χ1) is 6.74. The van der Waals surface area contributed by atoms with Crippen molar-refractivity contribution in [3.05, 3.63) is 28.8 Å². The molecule has 1 aliphatic carbocycles. The summed E-state index contributed by atoms with van der Waals surface area (Å²) in [5.74, 6) is 0.377. The fourth-order valence-electron chi connectivity index (χ4n) is 2.02. The van der Waals surface area contributed by atoms with Crippen LogP contribution < -0.4 is 5.73 Å². The third-order valence-corrected chi connectivity index (χ3v) is 2.74. The molecule has 0 aliphatic heterocycles. The lowest BCUT2D eigenvalue weighted by molar-refractivity contribution is 0.0972. The maximum atomic E-state index is 11.5. The molecule has 0 unspecified atom stereocenters. The number of benzene rings is 1. The predicted octanol–water partition coefficient (Wildman–Crippen LogP) is 1.79. The number of hydrogen-bond acceptors (Lipinski definition) is 3. The van der Waals surface area contributed by atoms with Crippen LogP contribution in [0.5, 0.6) is 5.75 Å². The molecule has 0 aromatic heterocycles. The Morgan fingerprint density at radius 1 is 1.33 bits per heavy atom. The molecule has 1 aliphatic rings. The van der Waals surface area contributed by atoms with E-state index < -0.39 is 0 Å². The zero-order valence-corrected chi connectivity index (χ0v) is 9.14. The number of carbonyl (C=O) groups excluding carboxylic acids is 1. The van der Waals surface area contributed by atoms with Crippen molar-refractivity contribution in [1.82, 2.24) is 0 Å². The molecule has 0 heterocycles. The van der Waals surface area contributed by atoms with E-state index >= 15 is 0 Å². The van der Waals surface area contributed by atoms with Crippen LogP contribution in [0.1, 0.15) is 34.3 Å². The molecule has 3 nitrogen and oxygen atoms in total. The number of Topliss-reactive ketones (excluding diaryl/α,β-unsaturated/α-hetero) is 1. The first-order valence-electron chi connectivity index (χ1n) is 4.81. The monoisotopic (exact) mass is 227 g/mol. The van der Waals surface area contributed by atoms with Crippen LogP contribution in [0.15, 0.2) is 12.1 Å². The number of fused-ring (bicyclic) bond motifs is 1. The predicted molar refractivity (Wildman–Crippen MR) is 60.5 cm³/mol. The molecule has 1 aromatic rings. The number of ketones is 1. The van der Waals surface area contributed by atoms with E-state index in [0.717, 1.165) is 29.5 Å². The summed E-state index contributed by atoms with van der Waals surface area (Å²) in [4.78, 5) is 11.5. The molecule has 0 atom stereocenters. The van der Waals surface area contributed by atoms with Gasteiger partial charge in [0, 0.05) is 24.1 Å². The highest BCUT2D eigenvalue weighted by molar-refractivity contribution is 5.99. The molecule has 1 aromatic carbocycles. The highest BCUT2D eigenvalue weighted by Gasteiger charge is 2.20. The fourth-order valence-corrected chi connectivity index (χ4v) is 2.02. The summed E-state index contributed by atoms with van der Waals surface area (Å²) in [7, 11) is 0. The van der Waals surface area contributed by atoms with Gasteiger partial charge in [-0.3, -0.25) is 4.79 Å². The van der Waals surface area contributed by atoms with Crippen molar-refractivity contribution < 1.29 is 9.90 Å². The Balaban J connectivity index is 0.00000112. The lowest BCUT2D eigenvalue weighted by Gasteiger charge is -2.18. The Labute approximate surface area is 94.7 Å². The maximum Gasteiger partial charge on any atom is 0.163 e. The average Bonchev–Trinajstić information content (AvgIpc) is 2.18. The Kier molecular flexibility index (Phi) is 3.72. The summed E-state index contributed by atoms with van der Waals surface area (Å²) in [5.41, 5.74) is 7.97. The van der Waals surface area contributed by atoms with Crippen LogP contribution in [0.2, 0.25) is 0 Å². The SMILES string of the molecule is Cl.NCc1c(O)ccc2c1CCCC2=O. The van der Waals surface area contributed by atoms with Gasteiger partial charge in [-0.2, -0.15) is 0 Å². The summed E-state index contributed by atoms with van der Waals surface area (Å²) in [5, 5.41) is 9.56. The summed E-state index contributed by atoms with van der Waals surface area (Å²) in [6.45, 7) is 0.294. The van der Waals surface area contributed by atoms with Crippen LogP contribution in [0, 0.1) is 0 Å². The minimum atomic E-state index is 0. The van der Waals surface area contributed by atoms with E-state index in [1.807, 2.05) is 0 Å². The highest BCUT2D eigenvalue weighted by atomic mass is 35.5. The largest absolute Gasteiger partial charge is 0.508 e. The number of halogens is 1. The third-order valence-electron chi connectivity index (χ3n) is 2.74. The Morgan fingerprint density at radius 2 is 2.07 bits per heavy atom. The standard InChI is InChI=1S/C11H13NO2.ClH/c12-6-9-7-2-1-3-10(13)8(7)4-5-11(9)14;/h4-5,14H,1-3,6,12H2;1H. The van der Waals surface area contributed by atoms with Crippen molar-refractivity contribution in [2.24, 2.45) is 5.73 Å². The second kappa shape index (κ2) is 4.64. The van der Waals surface area contributed by atoms with Gasteiger partial charge in [0.1, 0.15) is 5.75 Å². The average molecular weight is 228 g/mol. The first-order valence-corrected chi connectivity index (χ1v) is 4.81. The third kappa shape index (κ3) is 1.98. The van der Waals surface area contributed by atoms with Crippen molar-refractivity contribution in [3.63, 3.8) is 0 Å². The Bertz CT molecular complexity index is 390. The number of carbonyl (C=O) groups is 1. The van der Waals surface area contributed by atoms with Crippen LogP contribution >= 0.6 is 12.4 Å². The molecule has 3 N–H and O–H groups in total. The van der Waals surface area contributed by atoms with E-state index in [9.17, 15) is 9.90 Å². The maximum absolute atomic E-state index is 11.5. The van der Waals surface area contributed by atoms with Gasteiger partial charge < -0.3 is 10.8 Å². The second-order valence-corrected chi connectivity index (χ2v) is 3.57. The Morgan fingerprint density at radius 3 is 2.73 bits per heavy atom.